The molecule has 0 bridgehead atoms. The molecule has 1 aliphatic rings. The molecule has 33 heavy (non-hydrogen) atoms. The topological polar surface area (TPSA) is 63.7 Å². The van der Waals surface area contributed by atoms with Gasteiger partial charge in [-0.1, -0.05) is 47.5 Å². The van der Waals surface area contributed by atoms with Gasteiger partial charge < -0.3 is 4.74 Å². The quantitative estimate of drug-likeness (QED) is 0.134. The summed E-state index contributed by atoms with van der Waals surface area (Å²) in [5, 5.41) is 0.309. The fourth-order valence-corrected chi connectivity index (χ4v) is 4.69. The maximum atomic E-state index is 12.7. The number of benzene rings is 3. The van der Waals surface area contributed by atoms with Crippen molar-refractivity contribution in [3.05, 3.63) is 102 Å². The van der Waals surface area contributed by atoms with Crippen LogP contribution in [0.1, 0.15) is 21.5 Å². The average molecular weight is 610 g/mol. The molecule has 0 unspecified atom stereocenters. The van der Waals surface area contributed by atoms with E-state index >= 15 is 0 Å². The zero-order valence-corrected chi connectivity index (χ0v) is 21.2. The molecule has 5 nitrogen and oxygen atoms in total. The summed E-state index contributed by atoms with van der Waals surface area (Å²) in [6.07, 6.45) is 1.64. The van der Waals surface area contributed by atoms with Gasteiger partial charge in [-0.05, 0) is 94.0 Å². The second-order valence-corrected chi connectivity index (χ2v) is 10.1. The van der Waals surface area contributed by atoms with Gasteiger partial charge in [0.05, 0.1) is 22.0 Å². The number of rotatable bonds is 5. The molecule has 9 heteroatoms. The minimum absolute atomic E-state index is 0.199. The van der Waals surface area contributed by atoms with Crippen LogP contribution in [-0.2, 0) is 11.3 Å². The lowest BCUT2D eigenvalue weighted by Gasteiger charge is -2.12. The second-order valence-electron chi connectivity index (χ2n) is 6.98. The Bertz CT molecular complexity index is 1280. The van der Waals surface area contributed by atoms with Crippen LogP contribution in [0.5, 0.6) is 5.75 Å². The van der Waals surface area contributed by atoms with Gasteiger partial charge in [0, 0.05) is 8.59 Å². The number of imide groups is 1. The highest BCUT2D eigenvalue weighted by molar-refractivity contribution is 14.1. The van der Waals surface area contributed by atoms with E-state index in [9.17, 15) is 14.4 Å². The number of carbonyl (C=O) groups is 3. The first-order valence-corrected chi connectivity index (χ1v) is 12.2. The molecule has 1 saturated heterocycles. The summed E-state index contributed by atoms with van der Waals surface area (Å²) in [6, 6.07) is 18.8. The molecule has 1 heterocycles. The normalized spacial score (nSPS) is 14.8. The predicted octanol–water partition coefficient (Wildman–Crippen LogP) is 7.05. The van der Waals surface area contributed by atoms with Gasteiger partial charge >= 0.3 is 5.97 Å². The molecule has 3 aromatic carbocycles. The van der Waals surface area contributed by atoms with E-state index in [1.54, 1.807) is 36.4 Å². The average Bonchev–Trinajstić information content (AvgIpc) is 3.03. The van der Waals surface area contributed by atoms with Crippen LogP contribution in [0.2, 0.25) is 10.0 Å². The van der Waals surface area contributed by atoms with Crippen molar-refractivity contribution >= 4 is 80.7 Å². The molecular formula is C24H14Cl2INO4S. The second kappa shape index (κ2) is 10.3. The summed E-state index contributed by atoms with van der Waals surface area (Å²) < 4.78 is 6.43. The minimum Gasteiger partial charge on any atom is -0.423 e. The van der Waals surface area contributed by atoms with Crippen molar-refractivity contribution in [2.75, 3.05) is 0 Å². The Morgan fingerprint density at radius 3 is 2.36 bits per heavy atom. The molecule has 3 aromatic rings. The molecule has 0 radical (unpaired) electrons. The third-order valence-electron chi connectivity index (χ3n) is 4.67. The summed E-state index contributed by atoms with van der Waals surface area (Å²) in [4.78, 5) is 39.0. The van der Waals surface area contributed by atoms with E-state index < -0.39 is 5.97 Å². The van der Waals surface area contributed by atoms with E-state index in [1.165, 1.54) is 17.0 Å². The van der Waals surface area contributed by atoms with Crippen molar-refractivity contribution in [3.8, 4) is 5.75 Å². The maximum Gasteiger partial charge on any atom is 0.345 e. The smallest absolute Gasteiger partial charge is 0.345 e. The van der Waals surface area contributed by atoms with Gasteiger partial charge in [-0.25, -0.2) is 4.79 Å². The molecule has 0 saturated carbocycles. The molecule has 1 aliphatic heterocycles. The van der Waals surface area contributed by atoms with Gasteiger partial charge in [0.15, 0.2) is 0 Å². The van der Waals surface area contributed by atoms with Crippen LogP contribution < -0.4 is 4.74 Å². The first kappa shape index (κ1) is 23.8. The molecule has 1 fully saturated rings. The number of ether oxygens (including phenoxy) is 1. The van der Waals surface area contributed by atoms with Gasteiger partial charge in [-0.15, -0.1) is 0 Å². The molecule has 0 aromatic heterocycles. The van der Waals surface area contributed by atoms with Crippen LogP contribution in [0, 0.1) is 3.57 Å². The Hall–Kier alpha value is -2.33. The van der Waals surface area contributed by atoms with Gasteiger partial charge in [0.2, 0.25) is 0 Å². The van der Waals surface area contributed by atoms with Crippen molar-refractivity contribution in [3.63, 3.8) is 0 Å². The molecule has 0 spiro atoms. The monoisotopic (exact) mass is 609 g/mol. The van der Waals surface area contributed by atoms with Crippen molar-refractivity contribution in [2.24, 2.45) is 0 Å². The molecule has 4 rings (SSSR count). The van der Waals surface area contributed by atoms with Crippen molar-refractivity contribution in [1.82, 2.24) is 4.90 Å². The molecule has 0 atom stereocenters. The number of hydrogen-bond acceptors (Lipinski definition) is 5. The van der Waals surface area contributed by atoms with Crippen LogP contribution in [0.3, 0.4) is 0 Å². The van der Waals surface area contributed by atoms with Gasteiger partial charge in [-0.2, -0.15) is 0 Å². The standard InChI is InChI=1S/C24H14Cl2INO4S/c25-16-5-10-19(20(26)12-16)23(30)32-18-8-3-14(4-9-18)11-21-22(29)28(24(31)33-21)13-15-1-6-17(27)7-2-15/h1-12H,13H2/b21-11-. The Labute approximate surface area is 217 Å². The van der Waals surface area contributed by atoms with Gasteiger partial charge in [-0.3, -0.25) is 14.5 Å². The summed E-state index contributed by atoms with van der Waals surface area (Å²) in [7, 11) is 0. The highest BCUT2D eigenvalue weighted by Crippen LogP contribution is 2.33. The van der Waals surface area contributed by atoms with E-state index in [4.69, 9.17) is 27.9 Å². The highest BCUT2D eigenvalue weighted by atomic mass is 127. The number of hydrogen-bond donors (Lipinski definition) is 0. The van der Waals surface area contributed by atoms with E-state index in [-0.39, 0.29) is 28.3 Å². The highest BCUT2D eigenvalue weighted by Gasteiger charge is 2.34. The summed E-state index contributed by atoms with van der Waals surface area (Å²) in [5.74, 6) is -0.632. The largest absolute Gasteiger partial charge is 0.423 e. The number of thioether (sulfide) groups is 1. The Kier molecular flexibility index (Phi) is 7.43. The third-order valence-corrected chi connectivity index (χ3v) is 6.84. The Morgan fingerprint density at radius 1 is 1.00 bits per heavy atom. The molecular weight excluding hydrogens is 596 g/mol. The Balaban J connectivity index is 1.44. The zero-order valence-electron chi connectivity index (χ0n) is 16.8. The lowest BCUT2D eigenvalue weighted by molar-refractivity contribution is -0.123. The van der Waals surface area contributed by atoms with E-state index in [0.29, 0.717) is 21.2 Å². The fourth-order valence-electron chi connectivity index (χ4n) is 3.01. The Morgan fingerprint density at radius 2 is 1.70 bits per heavy atom. The van der Waals surface area contributed by atoms with Crippen LogP contribution in [0.15, 0.2) is 71.6 Å². The lowest BCUT2D eigenvalue weighted by Crippen LogP contribution is -2.27. The molecule has 2 amide bonds. The van der Waals surface area contributed by atoms with Crippen molar-refractivity contribution in [2.45, 2.75) is 6.54 Å². The van der Waals surface area contributed by atoms with Crippen LogP contribution in [-0.4, -0.2) is 22.0 Å². The van der Waals surface area contributed by atoms with E-state index in [1.807, 2.05) is 24.3 Å². The molecule has 0 aliphatic carbocycles. The van der Waals surface area contributed by atoms with Crippen molar-refractivity contribution in [1.29, 1.82) is 0 Å². The first-order chi connectivity index (χ1) is 15.8. The van der Waals surface area contributed by atoms with E-state index in [0.717, 1.165) is 20.9 Å². The minimum atomic E-state index is -0.610. The lowest BCUT2D eigenvalue weighted by atomic mass is 10.2. The molecule has 166 valence electrons. The van der Waals surface area contributed by atoms with Crippen LogP contribution in [0.4, 0.5) is 4.79 Å². The maximum absolute atomic E-state index is 12.7. The number of amides is 2. The number of esters is 1. The fraction of sp³-hybridized carbons (Fsp3) is 0.0417. The number of nitrogens with zero attached hydrogens (tertiary/aromatic N) is 1. The van der Waals surface area contributed by atoms with Crippen LogP contribution in [0.25, 0.3) is 6.08 Å². The number of carbonyl (C=O) groups excluding carboxylic acids is 3. The summed E-state index contributed by atoms with van der Waals surface area (Å²) in [6.45, 7) is 0.223. The number of halogens is 3. The SMILES string of the molecule is O=C(Oc1ccc(/C=C2\SC(=O)N(Cc3ccc(I)cc3)C2=O)cc1)c1ccc(Cl)cc1Cl. The third kappa shape index (κ3) is 5.78. The zero-order chi connectivity index (χ0) is 23.5. The molecule has 0 N–H and O–H groups in total. The van der Waals surface area contributed by atoms with E-state index in [2.05, 4.69) is 22.6 Å². The van der Waals surface area contributed by atoms with Gasteiger partial charge in [0.1, 0.15) is 5.75 Å². The first-order valence-electron chi connectivity index (χ1n) is 9.57. The summed E-state index contributed by atoms with van der Waals surface area (Å²) >= 11 is 15.0. The van der Waals surface area contributed by atoms with Gasteiger partial charge in [0.25, 0.3) is 11.1 Å². The van der Waals surface area contributed by atoms with Crippen molar-refractivity contribution < 1.29 is 19.1 Å². The predicted molar refractivity (Wildman–Crippen MR) is 139 cm³/mol. The van der Waals surface area contributed by atoms with Crippen LogP contribution >= 0.6 is 57.6 Å². The summed E-state index contributed by atoms with van der Waals surface area (Å²) in [5.41, 5.74) is 1.77.